The molecule has 0 aromatic rings. The Labute approximate surface area is 173 Å². The molecule has 9 nitrogen and oxygen atoms in total. The highest BCUT2D eigenvalue weighted by atomic mass is 16.5. The number of aliphatic hydroxyl groups is 1. The number of aliphatic carboxylic acids is 3. The third-order valence-corrected chi connectivity index (χ3v) is 4.34. The van der Waals surface area contributed by atoms with E-state index in [0.29, 0.717) is 0 Å². The lowest BCUT2D eigenvalue weighted by Crippen LogP contribution is -2.42. The van der Waals surface area contributed by atoms with Crippen molar-refractivity contribution in [3.8, 4) is 0 Å². The number of hydrogen-bond donors (Lipinski definition) is 4. The summed E-state index contributed by atoms with van der Waals surface area (Å²) in [6.45, 7) is 3.03. The van der Waals surface area contributed by atoms with Gasteiger partial charge >= 0.3 is 17.9 Å². The highest BCUT2D eigenvalue weighted by Gasteiger charge is 2.40. The van der Waals surface area contributed by atoms with Crippen LogP contribution in [0.2, 0.25) is 0 Å². The molecule has 0 spiro atoms. The van der Waals surface area contributed by atoms with Gasteiger partial charge in [0.2, 0.25) is 0 Å². The smallest absolute Gasteiger partial charge is 0.336 e. The number of nitrogens with zero attached hydrogens (tertiary/aromatic N) is 1. The summed E-state index contributed by atoms with van der Waals surface area (Å²) in [6.07, 6.45) is 11.1. The Hall–Kier alpha value is -1.71. The molecular formula is C20H39NO8. The van der Waals surface area contributed by atoms with Gasteiger partial charge in [-0.3, -0.25) is 9.59 Å². The van der Waals surface area contributed by atoms with Crippen LogP contribution in [-0.4, -0.2) is 69.2 Å². The summed E-state index contributed by atoms with van der Waals surface area (Å²) in [5.41, 5.74) is -2.74. The second-order valence-electron chi connectivity index (χ2n) is 7.96. The molecule has 0 radical (unpaired) electrons. The number of hydroxylamine groups is 3. The van der Waals surface area contributed by atoms with Crippen LogP contribution >= 0.6 is 0 Å². The SMILES string of the molecule is CCCCCCCCCCCC[N+](C)(C)[O-].O=C(O)CC(O)(CC(=O)O)C(=O)O. The number of rotatable bonds is 16. The Morgan fingerprint density at radius 2 is 1.10 bits per heavy atom. The fourth-order valence-corrected chi connectivity index (χ4v) is 2.69. The van der Waals surface area contributed by atoms with E-state index in [1.807, 2.05) is 0 Å². The van der Waals surface area contributed by atoms with Crippen LogP contribution in [0.1, 0.15) is 84.0 Å². The van der Waals surface area contributed by atoms with Gasteiger partial charge in [0, 0.05) is 0 Å². The average molecular weight is 422 g/mol. The minimum atomic E-state index is -2.74. The Kier molecular flexibility index (Phi) is 16.4. The van der Waals surface area contributed by atoms with Gasteiger partial charge in [-0.1, -0.05) is 58.3 Å². The van der Waals surface area contributed by atoms with Gasteiger partial charge in [-0.15, -0.1) is 0 Å². The molecule has 0 bridgehead atoms. The van der Waals surface area contributed by atoms with Gasteiger partial charge in [0.1, 0.15) is 0 Å². The topological polar surface area (TPSA) is 155 Å². The summed E-state index contributed by atoms with van der Waals surface area (Å²) in [5, 5.41) is 45.1. The number of quaternary nitrogens is 1. The van der Waals surface area contributed by atoms with Crippen LogP contribution in [0, 0.1) is 5.21 Å². The minimum absolute atomic E-state index is 0.128. The van der Waals surface area contributed by atoms with Crippen LogP contribution in [0.15, 0.2) is 0 Å². The number of unbranched alkanes of at least 4 members (excludes halogenated alkanes) is 9. The zero-order valence-corrected chi connectivity index (χ0v) is 18.1. The van der Waals surface area contributed by atoms with Crippen molar-refractivity contribution < 1.29 is 39.5 Å². The van der Waals surface area contributed by atoms with E-state index in [-0.39, 0.29) is 4.65 Å². The zero-order valence-electron chi connectivity index (χ0n) is 18.1. The lowest BCUT2D eigenvalue weighted by atomic mass is 9.96. The predicted octanol–water partition coefficient (Wildman–Crippen LogP) is 3.23. The quantitative estimate of drug-likeness (QED) is 0.168. The van der Waals surface area contributed by atoms with E-state index in [9.17, 15) is 19.6 Å². The fraction of sp³-hybridized carbons (Fsp3) is 0.850. The van der Waals surface area contributed by atoms with Gasteiger partial charge in [-0.2, -0.15) is 0 Å². The first kappa shape index (κ1) is 29.5. The molecule has 0 heterocycles. The second kappa shape index (κ2) is 16.1. The van der Waals surface area contributed by atoms with Crippen molar-refractivity contribution in [3.63, 3.8) is 0 Å². The average Bonchev–Trinajstić information content (AvgIpc) is 2.54. The molecule has 0 aromatic carbocycles. The molecule has 0 amide bonds. The first-order valence-electron chi connectivity index (χ1n) is 10.3. The third kappa shape index (κ3) is 20.8. The molecule has 0 saturated carbocycles. The molecule has 0 aliphatic rings. The summed E-state index contributed by atoms with van der Waals surface area (Å²) in [6, 6.07) is 0. The van der Waals surface area contributed by atoms with Crippen molar-refractivity contribution in [1.29, 1.82) is 0 Å². The van der Waals surface area contributed by atoms with E-state index in [1.165, 1.54) is 57.8 Å². The first-order chi connectivity index (χ1) is 13.3. The van der Waals surface area contributed by atoms with Gasteiger partial charge in [-0.25, -0.2) is 4.79 Å². The summed E-state index contributed by atoms with van der Waals surface area (Å²) in [5.74, 6) is -5.02. The third-order valence-electron chi connectivity index (χ3n) is 4.34. The summed E-state index contributed by atoms with van der Waals surface area (Å²) >= 11 is 0. The highest BCUT2D eigenvalue weighted by Crippen LogP contribution is 2.15. The molecule has 0 rings (SSSR count). The summed E-state index contributed by atoms with van der Waals surface area (Å²) in [4.78, 5) is 30.5. The van der Waals surface area contributed by atoms with Crippen LogP contribution in [0.3, 0.4) is 0 Å². The molecule has 0 atom stereocenters. The van der Waals surface area contributed by atoms with Gasteiger partial charge in [0.25, 0.3) is 0 Å². The van der Waals surface area contributed by atoms with Crippen LogP contribution in [0.25, 0.3) is 0 Å². The molecular weight excluding hydrogens is 382 g/mol. The zero-order chi connectivity index (χ0) is 22.9. The standard InChI is InChI=1S/C14H31NO.C6H8O7/c1-4-5-6-7-8-9-10-11-12-13-14-15(2,3)16;7-3(8)1-6(13,5(11)12)2-4(9)10/h4-14H2,1-3H3;13H,1-2H2,(H,7,8)(H,9,10)(H,11,12). The summed E-state index contributed by atoms with van der Waals surface area (Å²) < 4.78 is -0.128. The van der Waals surface area contributed by atoms with E-state index in [4.69, 9.17) is 20.4 Å². The van der Waals surface area contributed by atoms with E-state index in [1.54, 1.807) is 14.1 Å². The Bertz CT molecular complexity index is 458. The van der Waals surface area contributed by atoms with Gasteiger partial charge in [0.15, 0.2) is 5.60 Å². The molecule has 9 heteroatoms. The maximum Gasteiger partial charge on any atom is 0.336 e. The Morgan fingerprint density at radius 1 is 0.759 bits per heavy atom. The van der Waals surface area contributed by atoms with E-state index in [2.05, 4.69) is 6.92 Å². The molecule has 0 aliphatic carbocycles. The maximum absolute atomic E-state index is 11.3. The number of carbonyl (C=O) groups is 3. The van der Waals surface area contributed by atoms with Crippen molar-refractivity contribution in [2.45, 2.75) is 89.6 Å². The maximum atomic E-state index is 11.3. The van der Waals surface area contributed by atoms with Crippen molar-refractivity contribution in [2.24, 2.45) is 0 Å². The largest absolute Gasteiger partial charge is 0.633 e. The van der Waals surface area contributed by atoms with Crippen molar-refractivity contribution in [1.82, 2.24) is 0 Å². The van der Waals surface area contributed by atoms with E-state index >= 15 is 0 Å². The van der Waals surface area contributed by atoms with Crippen LogP contribution < -0.4 is 0 Å². The van der Waals surface area contributed by atoms with E-state index in [0.717, 1.165) is 13.0 Å². The minimum Gasteiger partial charge on any atom is -0.633 e. The highest BCUT2D eigenvalue weighted by molar-refractivity contribution is 5.88. The number of carboxylic acid groups (broad SMARTS) is 3. The molecule has 172 valence electrons. The van der Waals surface area contributed by atoms with Crippen LogP contribution in [-0.2, 0) is 14.4 Å². The Morgan fingerprint density at radius 3 is 1.38 bits per heavy atom. The Balaban J connectivity index is 0. The van der Waals surface area contributed by atoms with Gasteiger partial charge in [0.05, 0.1) is 33.5 Å². The van der Waals surface area contributed by atoms with Crippen LogP contribution in [0.4, 0.5) is 0 Å². The first-order valence-corrected chi connectivity index (χ1v) is 10.3. The monoisotopic (exact) mass is 421 g/mol. The van der Waals surface area contributed by atoms with Gasteiger partial charge in [-0.05, 0) is 12.8 Å². The molecule has 0 fully saturated rings. The molecule has 0 saturated heterocycles. The fourth-order valence-electron chi connectivity index (χ4n) is 2.69. The van der Waals surface area contributed by atoms with Crippen molar-refractivity contribution in [2.75, 3.05) is 20.6 Å². The molecule has 29 heavy (non-hydrogen) atoms. The molecule has 0 unspecified atom stereocenters. The predicted molar refractivity (Wildman–Crippen MR) is 109 cm³/mol. The number of carboxylic acids is 3. The lowest BCUT2D eigenvalue weighted by Gasteiger charge is -2.33. The summed E-state index contributed by atoms with van der Waals surface area (Å²) in [7, 11) is 3.46. The molecule has 4 N–H and O–H groups in total. The second-order valence-corrected chi connectivity index (χ2v) is 7.96. The van der Waals surface area contributed by atoms with E-state index < -0.39 is 36.4 Å². The lowest BCUT2D eigenvalue weighted by molar-refractivity contribution is -0.840. The number of hydrogen-bond acceptors (Lipinski definition) is 5. The van der Waals surface area contributed by atoms with Gasteiger partial charge < -0.3 is 30.3 Å². The molecule has 0 aliphatic heterocycles. The normalized spacial score (nSPS) is 11.5. The van der Waals surface area contributed by atoms with Crippen molar-refractivity contribution in [3.05, 3.63) is 5.21 Å². The molecule has 0 aromatic heterocycles. The van der Waals surface area contributed by atoms with Crippen molar-refractivity contribution >= 4 is 17.9 Å². The van der Waals surface area contributed by atoms with Crippen LogP contribution in [0.5, 0.6) is 0 Å².